The van der Waals surface area contributed by atoms with Gasteiger partial charge in [0.05, 0.1) is 5.69 Å². The molecule has 0 aliphatic heterocycles. The summed E-state index contributed by atoms with van der Waals surface area (Å²) in [4.78, 5) is 4.40. The molecular weight excluding hydrogens is 326 g/mol. The molecule has 0 spiro atoms. The van der Waals surface area contributed by atoms with Crippen LogP contribution in [0.1, 0.15) is 23.4 Å². The second-order valence-corrected chi connectivity index (χ2v) is 6.32. The number of aryl methyl sites for hydroxylation is 2. The van der Waals surface area contributed by atoms with Crippen molar-refractivity contribution in [3.8, 4) is 5.69 Å². The Morgan fingerprint density at radius 1 is 1.12 bits per heavy atom. The quantitative estimate of drug-likeness (QED) is 0.545. The van der Waals surface area contributed by atoms with Crippen LogP contribution in [0.25, 0.3) is 5.69 Å². The Morgan fingerprint density at radius 3 is 2.85 bits per heavy atom. The van der Waals surface area contributed by atoms with E-state index in [0.717, 1.165) is 23.6 Å². The minimum absolute atomic E-state index is 0.404. The highest BCUT2D eigenvalue weighted by atomic mass is 15.5. The van der Waals surface area contributed by atoms with Gasteiger partial charge in [0, 0.05) is 18.7 Å². The summed E-state index contributed by atoms with van der Waals surface area (Å²) in [5.41, 5.74) is 10.8. The van der Waals surface area contributed by atoms with E-state index in [0.29, 0.717) is 18.9 Å². The van der Waals surface area contributed by atoms with E-state index in [1.54, 1.807) is 4.68 Å². The van der Waals surface area contributed by atoms with E-state index in [-0.39, 0.29) is 0 Å². The maximum atomic E-state index is 6.02. The van der Waals surface area contributed by atoms with Gasteiger partial charge < -0.3 is 11.1 Å². The van der Waals surface area contributed by atoms with Crippen LogP contribution in [-0.4, -0.2) is 32.7 Å². The van der Waals surface area contributed by atoms with E-state index in [9.17, 15) is 0 Å². The zero-order valence-electron chi connectivity index (χ0n) is 14.5. The van der Waals surface area contributed by atoms with Gasteiger partial charge in [-0.25, -0.2) is 0 Å². The average Bonchev–Trinajstić information content (AvgIpc) is 3.31. The first-order chi connectivity index (χ1) is 12.8. The highest BCUT2D eigenvalue weighted by Crippen LogP contribution is 2.24. The van der Waals surface area contributed by atoms with Crippen molar-refractivity contribution >= 4 is 11.6 Å². The van der Waals surface area contributed by atoms with Gasteiger partial charge in [0.25, 0.3) is 0 Å². The summed E-state index contributed by atoms with van der Waals surface area (Å²) < 4.78 is 1.72. The number of aliphatic imine (C=N–C) groups is 1. The third-order valence-corrected chi connectivity index (χ3v) is 4.52. The third-order valence-electron chi connectivity index (χ3n) is 4.52. The maximum absolute atomic E-state index is 6.02. The molecule has 0 fully saturated rings. The van der Waals surface area contributed by atoms with Crippen LogP contribution in [0.5, 0.6) is 0 Å². The lowest BCUT2D eigenvalue weighted by Crippen LogP contribution is -2.23. The smallest absolute Gasteiger partial charge is 0.193 e. The third kappa shape index (κ3) is 3.56. The lowest BCUT2D eigenvalue weighted by Gasteiger charge is -2.08. The van der Waals surface area contributed by atoms with Crippen LogP contribution in [0, 0.1) is 0 Å². The number of tetrazole rings is 1. The molecule has 3 aromatic rings. The molecule has 0 saturated carbocycles. The summed E-state index contributed by atoms with van der Waals surface area (Å²) in [6.07, 6.45) is 4.16. The van der Waals surface area contributed by atoms with Crippen molar-refractivity contribution in [1.82, 2.24) is 20.2 Å². The molecule has 1 heterocycles. The molecule has 0 atom stereocenters. The molecule has 0 saturated heterocycles. The summed E-state index contributed by atoms with van der Waals surface area (Å²) >= 11 is 0. The Hall–Kier alpha value is -3.22. The number of nitrogens with one attached hydrogen (secondary N) is 1. The van der Waals surface area contributed by atoms with Gasteiger partial charge in [0.15, 0.2) is 11.8 Å². The van der Waals surface area contributed by atoms with E-state index in [2.05, 4.69) is 44.0 Å². The first-order valence-electron chi connectivity index (χ1n) is 8.81. The van der Waals surface area contributed by atoms with Crippen LogP contribution < -0.4 is 11.1 Å². The Balaban J connectivity index is 1.38. The number of fused-ring (bicyclic) bond motifs is 1. The molecule has 26 heavy (non-hydrogen) atoms. The van der Waals surface area contributed by atoms with Gasteiger partial charge in [-0.15, -0.1) is 5.10 Å². The van der Waals surface area contributed by atoms with Crippen LogP contribution >= 0.6 is 0 Å². The largest absolute Gasteiger partial charge is 0.370 e. The van der Waals surface area contributed by atoms with Crippen molar-refractivity contribution in [3.63, 3.8) is 0 Å². The lowest BCUT2D eigenvalue weighted by molar-refractivity contribution is 0.755. The van der Waals surface area contributed by atoms with Gasteiger partial charge in [-0.05, 0) is 65.1 Å². The van der Waals surface area contributed by atoms with Crippen LogP contribution in [0.3, 0.4) is 0 Å². The fourth-order valence-corrected chi connectivity index (χ4v) is 3.24. The van der Waals surface area contributed by atoms with Crippen molar-refractivity contribution in [2.75, 3.05) is 11.9 Å². The van der Waals surface area contributed by atoms with Gasteiger partial charge in [-0.2, -0.15) is 4.68 Å². The van der Waals surface area contributed by atoms with Crippen LogP contribution in [0.4, 0.5) is 5.69 Å². The molecule has 1 aliphatic rings. The van der Waals surface area contributed by atoms with Crippen LogP contribution in [-0.2, 0) is 19.3 Å². The number of aromatic nitrogens is 4. The SMILES string of the molecule is NC(=NCCc1nnnn1-c1ccccc1)Nc1ccc2c(c1)CCC2. The Bertz CT molecular complexity index is 915. The van der Waals surface area contributed by atoms with Gasteiger partial charge in [0.1, 0.15) is 0 Å². The number of para-hydroxylation sites is 1. The summed E-state index contributed by atoms with van der Waals surface area (Å²) in [6.45, 7) is 0.511. The molecule has 2 aromatic carbocycles. The van der Waals surface area contributed by atoms with Gasteiger partial charge in [0.2, 0.25) is 0 Å². The number of anilines is 1. The number of benzene rings is 2. The van der Waals surface area contributed by atoms with Crippen LogP contribution in [0.2, 0.25) is 0 Å². The maximum Gasteiger partial charge on any atom is 0.193 e. The van der Waals surface area contributed by atoms with Crippen molar-refractivity contribution in [3.05, 3.63) is 65.5 Å². The molecule has 132 valence electrons. The normalized spacial score (nSPS) is 13.6. The number of hydrogen-bond donors (Lipinski definition) is 2. The molecule has 0 amide bonds. The fraction of sp³-hybridized carbons (Fsp3) is 0.263. The van der Waals surface area contributed by atoms with Gasteiger partial charge in [-0.3, -0.25) is 4.99 Å². The van der Waals surface area contributed by atoms with Crippen molar-refractivity contribution in [2.45, 2.75) is 25.7 Å². The molecule has 0 bridgehead atoms. The molecule has 1 aliphatic carbocycles. The minimum atomic E-state index is 0.404. The molecule has 7 heteroatoms. The molecule has 0 radical (unpaired) electrons. The van der Waals surface area contributed by atoms with Crippen LogP contribution in [0.15, 0.2) is 53.5 Å². The molecule has 4 rings (SSSR count). The number of rotatable bonds is 5. The molecule has 0 unspecified atom stereocenters. The standard InChI is InChI=1S/C19H21N7/c20-19(22-16-10-9-14-5-4-6-15(14)13-16)21-12-11-18-23-24-25-26(18)17-7-2-1-3-8-17/h1-3,7-10,13H,4-6,11-12H2,(H3,20,21,22). The molecule has 7 nitrogen and oxygen atoms in total. The first kappa shape index (κ1) is 16.3. The lowest BCUT2D eigenvalue weighted by atomic mass is 10.1. The number of guanidine groups is 1. The second kappa shape index (κ2) is 7.35. The summed E-state index contributed by atoms with van der Waals surface area (Å²) in [5.74, 6) is 1.16. The topological polar surface area (TPSA) is 94.0 Å². The van der Waals surface area contributed by atoms with E-state index in [1.165, 1.54) is 24.0 Å². The second-order valence-electron chi connectivity index (χ2n) is 6.32. The van der Waals surface area contributed by atoms with Crippen molar-refractivity contribution < 1.29 is 0 Å². The number of hydrogen-bond acceptors (Lipinski definition) is 4. The Morgan fingerprint density at radius 2 is 1.96 bits per heavy atom. The van der Waals surface area contributed by atoms with Crippen molar-refractivity contribution in [1.29, 1.82) is 0 Å². The first-order valence-corrected chi connectivity index (χ1v) is 8.81. The van der Waals surface area contributed by atoms with Gasteiger partial charge >= 0.3 is 0 Å². The zero-order valence-corrected chi connectivity index (χ0v) is 14.5. The highest BCUT2D eigenvalue weighted by molar-refractivity contribution is 5.92. The minimum Gasteiger partial charge on any atom is -0.370 e. The average molecular weight is 347 g/mol. The zero-order chi connectivity index (χ0) is 17.8. The molecular formula is C19H21N7. The van der Waals surface area contributed by atoms with Gasteiger partial charge in [-0.1, -0.05) is 24.3 Å². The van der Waals surface area contributed by atoms with E-state index in [4.69, 9.17) is 5.73 Å². The number of nitrogens with two attached hydrogens (primary N) is 1. The molecule has 3 N–H and O–H groups in total. The van der Waals surface area contributed by atoms with E-state index >= 15 is 0 Å². The van der Waals surface area contributed by atoms with E-state index in [1.807, 2.05) is 30.3 Å². The predicted octanol–water partition coefficient (Wildman–Crippen LogP) is 2.12. The Kier molecular flexibility index (Phi) is 4.59. The molecule has 1 aromatic heterocycles. The predicted molar refractivity (Wildman–Crippen MR) is 101 cm³/mol. The fourth-order valence-electron chi connectivity index (χ4n) is 3.24. The van der Waals surface area contributed by atoms with E-state index < -0.39 is 0 Å². The highest BCUT2D eigenvalue weighted by Gasteiger charge is 2.11. The monoisotopic (exact) mass is 347 g/mol. The summed E-state index contributed by atoms with van der Waals surface area (Å²) in [5, 5.41) is 15.1. The summed E-state index contributed by atoms with van der Waals surface area (Å²) in [6, 6.07) is 16.2. The number of nitrogens with zero attached hydrogens (tertiary/aromatic N) is 5. The Labute approximate surface area is 151 Å². The van der Waals surface area contributed by atoms with Crippen molar-refractivity contribution in [2.24, 2.45) is 10.7 Å². The summed E-state index contributed by atoms with van der Waals surface area (Å²) in [7, 11) is 0.